The third-order valence-electron chi connectivity index (χ3n) is 6.59. The molecule has 0 bridgehead atoms. The van der Waals surface area contributed by atoms with Crippen LogP contribution >= 0.6 is 0 Å². The van der Waals surface area contributed by atoms with Crippen molar-refractivity contribution < 1.29 is 21.9 Å². The number of fused-ring (bicyclic) bond motifs is 2. The second kappa shape index (κ2) is 9.84. The fourth-order valence-electron chi connectivity index (χ4n) is 4.67. The van der Waals surface area contributed by atoms with Gasteiger partial charge in [-0.15, -0.1) is 0 Å². The highest BCUT2D eigenvalue weighted by Crippen LogP contribution is 2.39. The smallest absolute Gasteiger partial charge is 0.279 e. The van der Waals surface area contributed by atoms with Crippen LogP contribution in [0.25, 0.3) is 11.3 Å². The van der Waals surface area contributed by atoms with Crippen molar-refractivity contribution in [1.29, 1.82) is 0 Å². The third-order valence-corrected chi connectivity index (χ3v) is 8.10. The summed E-state index contributed by atoms with van der Waals surface area (Å²) in [5.41, 5.74) is 3.40. The molecule has 2 aliphatic rings. The molecule has 0 spiro atoms. The van der Waals surface area contributed by atoms with Crippen LogP contribution in [-0.2, 0) is 23.2 Å². The number of hydrogen-bond donors (Lipinski definition) is 2. The van der Waals surface area contributed by atoms with Crippen molar-refractivity contribution in [2.75, 3.05) is 37.0 Å². The topological polar surface area (TPSA) is 99.7 Å². The molecular formula is C25H28F2N6O3S. The predicted molar refractivity (Wildman–Crippen MR) is 137 cm³/mol. The lowest BCUT2D eigenvalue weighted by Gasteiger charge is -2.34. The molecule has 12 heteroatoms. The van der Waals surface area contributed by atoms with Gasteiger partial charge in [0.2, 0.25) is 5.95 Å². The van der Waals surface area contributed by atoms with Gasteiger partial charge in [0.25, 0.3) is 10.2 Å². The summed E-state index contributed by atoms with van der Waals surface area (Å²) >= 11 is 0. The number of nitrogens with zero attached hydrogens (tertiary/aromatic N) is 4. The van der Waals surface area contributed by atoms with Gasteiger partial charge in [-0.05, 0) is 55.7 Å². The highest BCUT2D eigenvalue weighted by Gasteiger charge is 2.27. The number of hydrogen-bond acceptors (Lipinski definition) is 7. The van der Waals surface area contributed by atoms with Gasteiger partial charge in [-0.25, -0.2) is 23.5 Å². The van der Waals surface area contributed by atoms with E-state index in [1.165, 1.54) is 17.4 Å². The Morgan fingerprint density at radius 1 is 1.08 bits per heavy atom. The van der Waals surface area contributed by atoms with Gasteiger partial charge in [0, 0.05) is 37.4 Å². The average molecular weight is 531 g/mol. The molecule has 0 amide bonds. The van der Waals surface area contributed by atoms with Crippen LogP contribution < -0.4 is 19.7 Å². The number of halogens is 2. The van der Waals surface area contributed by atoms with E-state index in [0.29, 0.717) is 37.5 Å². The third kappa shape index (κ3) is 4.96. The Morgan fingerprint density at radius 3 is 2.65 bits per heavy atom. The highest BCUT2D eigenvalue weighted by molar-refractivity contribution is 7.87. The van der Waals surface area contributed by atoms with E-state index < -0.39 is 21.8 Å². The summed E-state index contributed by atoms with van der Waals surface area (Å²) in [6.07, 6.45) is 1.60. The van der Waals surface area contributed by atoms with Gasteiger partial charge in [-0.2, -0.15) is 12.7 Å². The standard InChI is InChI=1S/C25H28F2N6O3S/c1-15(2)33-8-9-36-24-20(26)11-18(12-22(24)33)23-21(27)13-29-25(31-23)30-19-5-4-17-14-32(37(34,35)28-3)7-6-16(17)10-19/h4-5,10-13,15,28H,6-9,14H2,1-3H3,(H,29,30,31). The number of anilines is 3. The zero-order valence-corrected chi connectivity index (χ0v) is 21.6. The van der Waals surface area contributed by atoms with Crippen LogP contribution in [0.3, 0.4) is 0 Å². The maximum atomic E-state index is 14.9. The van der Waals surface area contributed by atoms with Crippen LogP contribution in [-0.4, -0.2) is 55.5 Å². The first-order valence-electron chi connectivity index (χ1n) is 12.0. The van der Waals surface area contributed by atoms with Crippen LogP contribution in [0.2, 0.25) is 0 Å². The molecule has 0 atom stereocenters. The Balaban J connectivity index is 1.42. The molecule has 0 saturated carbocycles. The summed E-state index contributed by atoms with van der Waals surface area (Å²) in [4.78, 5) is 10.4. The van der Waals surface area contributed by atoms with Gasteiger partial charge in [0.05, 0.1) is 18.4 Å². The van der Waals surface area contributed by atoms with Crippen LogP contribution in [0.4, 0.5) is 26.1 Å². The molecule has 196 valence electrons. The number of nitrogens with one attached hydrogen (secondary N) is 2. The van der Waals surface area contributed by atoms with E-state index in [0.717, 1.165) is 17.3 Å². The van der Waals surface area contributed by atoms with Crippen LogP contribution in [0.5, 0.6) is 5.75 Å². The quantitative estimate of drug-likeness (QED) is 0.503. The van der Waals surface area contributed by atoms with E-state index in [1.54, 1.807) is 12.1 Å². The van der Waals surface area contributed by atoms with Crippen molar-refractivity contribution in [1.82, 2.24) is 19.0 Å². The first-order valence-corrected chi connectivity index (χ1v) is 13.4. The number of ether oxygens (including phenoxy) is 1. The van der Waals surface area contributed by atoms with Crippen molar-refractivity contribution in [2.24, 2.45) is 0 Å². The largest absolute Gasteiger partial charge is 0.486 e. The highest BCUT2D eigenvalue weighted by atomic mass is 32.2. The molecule has 37 heavy (non-hydrogen) atoms. The minimum absolute atomic E-state index is 0.0284. The minimum Gasteiger partial charge on any atom is -0.486 e. The summed E-state index contributed by atoms with van der Waals surface area (Å²) in [6, 6.07) is 8.56. The molecule has 1 aromatic heterocycles. The number of rotatable bonds is 6. The SMILES string of the molecule is CNS(=O)(=O)N1CCc2cc(Nc3ncc(F)c(-c4cc(F)c5c(c4)N(C(C)C)CCO5)n3)ccc2C1. The van der Waals surface area contributed by atoms with Gasteiger partial charge in [-0.1, -0.05) is 6.07 Å². The Kier molecular flexibility index (Phi) is 6.73. The van der Waals surface area contributed by atoms with E-state index in [9.17, 15) is 17.2 Å². The van der Waals surface area contributed by atoms with Crippen molar-refractivity contribution in [3.05, 3.63) is 59.3 Å². The second-order valence-electron chi connectivity index (χ2n) is 9.23. The van der Waals surface area contributed by atoms with Crippen LogP contribution in [0.1, 0.15) is 25.0 Å². The van der Waals surface area contributed by atoms with Gasteiger partial charge in [-0.3, -0.25) is 0 Å². The molecule has 9 nitrogen and oxygen atoms in total. The maximum Gasteiger partial charge on any atom is 0.279 e. The Labute approximate surface area is 214 Å². The maximum absolute atomic E-state index is 14.9. The summed E-state index contributed by atoms with van der Waals surface area (Å²) < 4.78 is 63.3. The molecule has 0 saturated heterocycles. The fourth-order valence-corrected chi connectivity index (χ4v) is 5.57. The summed E-state index contributed by atoms with van der Waals surface area (Å²) in [5, 5.41) is 3.09. The van der Waals surface area contributed by atoms with E-state index >= 15 is 0 Å². The zero-order chi connectivity index (χ0) is 26.3. The van der Waals surface area contributed by atoms with Gasteiger partial charge >= 0.3 is 0 Å². The van der Waals surface area contributed by atoms with E-state index in [1.807, 2.05) is 30.9 Å². The lowest BCUT2D eigenvalue weighted by molar-refractivity contribution is 0.287. The number of benzene rings is 2. The molecule has 0 radical (unpaired) electrons. The van der Waals surface area contributed by atoms with Crippen molar-refractivity contribution in [3.8, 4) is 17.0 Å². The first-order chi connectivity index (χ1) is 17.7. The minimum atomic E-state index is -3.50. The molecule has 2 aromatic carbocycles. The second-order valence-corrected chi connectivity index (χ2v) is 11.1. The monoisotopic (exact) mass is 530 g/mol. The van der Waals surface area contributed by atoms with Crippen LogP contribution in [0.15, 0.2) is 36.5 Å². The van der Waals surface area contributed by atoms with Crippen molar-refractivity contribution >= 4 is 27.5 Å². The fraction of sp³-hybridized carbons (Fsp3) is 0.360. The lowest BCUT2D eigenvalue weighted by atomic mass is 10.0. The molecule has 3 heterocycles. The number of aromatic nitrogens is 2. The first kappa shape index (κ1) is 25.3. The van der Waals surface area contributed by atoms with Gasteiger partial charge in [0.15, 0.2) is 17.4 Å². The molecule has 3 aromatic rings. The van der Waals surface area contributed by atoms with Crippen LogP contribution in [0, 0.1) is 11.6 Å². The zero-order valence-electron chi connectivity index (χ0n) is 20.8. The average Bonchev–Trinajstić information content (AvgIpc) is 2.89. The Hall–Kier alpha value is -3.35. The van der Waals surface area contributed by atoms with Gasteiger partial charge in [0.1, 0.15) is 12.3 Å². The molecular weight excluding hydrogens is 502 g/mol. The Morgan fingerprint density at radius 2 is 1.89 bits per heavy atom. The van der Waals surface area contributed by atoms with E-state index in [2.05, 4.69) is 20.0 Å². The molecule has 0 aliphatic carbocycles. The normalized spacial score (nSPS) is 15.8. The van der Waals surface area contributed by atoms with Crippen molar-refractivity contribution in [3.63, 3.8) is 0 Å². The van der Waals surface area contributed by atoms with Gasteiger partial charge < -0.3 is 15.0 Å². The molecule has 2 N–H and O–H groups in total. The van der Waals surface area contributed by atoms with E-state index in [4.69, 9.17) is 4.74 Å². The summed E-state index contributed by atoms with van der Waals surface area (Å²) in [7, 11) is -2.11. The molecule has 0 unspecified atom stereocenters. The van der Waals surface area contributed by atoms with E-state index in [-0.39, 0.29) is 35.5 Å². The van der Waals surface area contributed by atoms with Crippen molar-refractivity contribution in [2.45, 2.75) is 32.9 Å². The molecule has 2 aliphatic heterocycles. The Bertz CT molecular complexity index is 1450. The molecule has 0 fully saturated rings. The molecule has 5 rings (SSSR count). The summed E-state index contributed by atoms with van der Waals surface area (Å²) in [5.74, 6) is -0.934. The summed E-state index contributed by atoms with van der Waals surface area (Å²) in [6.45, 7) is 5.62. The predicted octanol–water partition coefficient (Wildman–Crippen LogP) is 3.59. The lowest BCUT2D eigenvalue weighted by Crippen LogP contribution is -2.41.